The summed E-state index contributed by atoms with van der Waals surface area (Å²) in [5.74, 6) is 0.230. The normalized spacial score (nSPS) is 11.4. The third-order valence-corrected chi connectivity index (χ3v) is 5.46. The molecule has 0 saturated heterocycles. The van der Waals surface area contributed by atoms with Gasteiger partial charge in [0, 0.05) is 23.0 Å². The lowest BCUT2D eigenvalue weighted by molar-refractivity contribution is -0.122. The minimum absolute atomic E-state index is 0.325. The fourth-order valence-corrected chi connectivity index (χ4v) is 3.45. The van der Waals surface area contributed by atoms with Crippen molar-refractivity contribution in [3.63, 3.8) is 0 Å². The summed E-state index contributed by atoms with van der Waals surface area (Å²) in [6.45, 7) is 2.37. The second-order valence-corrected chi connectivity index (χ2v) is 8.52. The van der Waals surface area contributed by atoms with Gasteiger partial charge < -0.3 is 24.8 Å². The van der Waals surface area contributed by atoms with E-state index in [2.05, 4.69) is 26.6 Å². The number of rotatable bonds is 10. The van der Waals surface area contributed by atoms with Gasteiger partial charge in [-0.05, 0) is 61.5 Å². The van der Waals surface area contributed by atoms with Crippen molar-refractivity contribution in [2.75, 3.05) is 31.0 Å². The highest BCUT2D eigenvalue weighted by Gasteiger charge is 2.17. The molecule has 0 aliphatic carbocycles. The van der Waals surface area contributed by atoms with Crippen LogP contribution in [0.1, 0.15) is 17.3 Å². The Morgan fingerprint density at radius 2 is 1.62 bits per heavy atom. The number of carbonyl (C=O) groups is 2. The summed E-state index contributed by atoms with van der Waals surface area (Å²) in [4.78, 5) is 25.3. The molecule has 0 aliphatic heterocycles. The molecule has 1 atom stereocenters. The first-order chi connectivity index (χ1) is 16.4. The molecule has 0 heterocycles. The van der Waals surface area contributed by atoms with Crippen molar-refractivity contribution >= 4 is 50.7 Å². The molecule has 3 aromatic carbocycles. The molecule has 3 rings (SSSR count). The van der Waals surface area contributed by atoms with E-state index in [0.717, 1.165) is 4.47 Å². The summed E-state index contributed by atoms with van der Waals surface area (Å²) in [5, 5.41) is 6.05. The highest BCUT2D eigenvalue weighted by molar-refractivity contribution is 9.10. The highest BCUT2D eigenvalue weighted by Crippen LogP contribution is 2.26. The molecule has 2 amide bonds. The lowest BCUT2D eigenvalue weighted by atomic mass is 10.1. The molecule has 3 aromatic rings. The Kier molecular flexibility index (Phi) is 9.33. The van der Waals surface area contributed by atoms with E-state index in [1.54, 1.807) is 80.8 Å². The number of amides is 2. The molecule has 0 bridgehead atoms. The fourth-order valence-electron chi connectivity index (χ4n) is 2.90. The number of ether oxygens (including phenoxy) is 3. The second kappa shape index (κ2) is 12.4. The van der Waals surface area contributed by atoms with Crippen molar-refractivity contribution < 1.29 is 23.8 Å². The zero-order chi connectivity index (χ0) is 24.5. The van der Waals surface area contributed by atoms with Crippen LogP contribution in [-0.4, -0.2) is 38.2 Å². The SMILES string of the molecule is COCCOc1ccc(Br)cc1C(=O)Nc1ccc(NC(=O)C(C)Oc2ccccc2Cl)cc1. The minimum Gasteiger partial charge on any atom is -0.490 e. The molecule has 0 spiro atoms. The van der Waals surface area contributed by atoms with Crippen LogP contribution in [0, 0.1) is 0 Å². The number of halogens is 2. The second-order valence-electron chi connectivity index (χ2n) is 7.19. The fraction of sp³-hybridized carbons (Fsp3) is 0.200. The van der Waals surface area contributed by atoms with E-state index in [-0.39, 0.29) is 11.8 Å². The van der Waals surface area contributed by atoms with Crippen LogP contribution in [0.25, 0.3) is 0 Å². The Hall–Kier alpha value is -3.07. The summed E-state index contributed by atoms with van der Waals surface area (Å²) in [5.41, 5.74) is 1.50. The van der Waals surface area contributed by atoms with E-state index >= 15 is 0 Å². The van der Waals surface area contributed by atoms with Gasteiger partial charge in [0.1, 0.15) is 18.1 Å². The van der Waals surface area contributed by atoms with Crippen molar-refractivity contribution in [1.29, 1.82) is 0 Å². The van der Waals surface area contributed by atoms with Gasteiger partial charge in [0.05, 0.1) is 17.2 Å². The summed E-state index contributed by atoms with van der Waals surface area (Å²) in [6.07, 6.45) is -0.757. The van der Waals surface area contributed by atoms with Crippen molar-refractivity contribution in [2.24, 2.45) is 0 Å². The van der Waals surface area contributed by atoms with Crippen molar-refractivity contribution in [3.05, 3.63) is 81.8 Å². The standard InChI is InChI=1S/C25H24BrClN2O5/c1-16(34-23-6-4-3-5-21(23)27)24(30)28-18-8-10-19(11-9-18)29-25(31)20-15-17(26)7-12-22(20)33-14-13-32-2/h3-12,15-16H,13-14H2,1-2H3,(H,28,30)(H,29,31). The quantitative estimate of drug-likeness (QED) is 0.314. The van der Waals surface area contributed by atoms with Gasteiger partial charge in [0.25, 0.3) is 11.8 Å². The summed E-state index contributed by atoms with van der Waals surface area (Å²) < 4.78 is 17.0. The largest absolute Gasteiger partial charge is 0.490 e. The topological polar surface area (TPSA) is 85.9 Å². The van der Waals surface area contributed by atoms with Crippen LogP contribution in [0.15, 0.2) is 71.2 Å². The highest BCUT2D eigenvalue weighted by atomic mass is 79.9. The van der Waals surface area contributed by atoms with Crippen LogP contribution >= 0.6 is 27.5 Å². The lowest BCUT2D eigenvalue weighted by Crippen LogP contribution is -2.30. The van der Waals surface area contributed by atoms with Crippen LogP contribution in [0.2, 0.25) is 5.02 Å². The first-order valence-electron chi connectivity index (χ1n) is 10.4. The molecule has 0 fully saturated rings. The van der Waals surface area contributed by atoms with Crippen LogP contribution in [0.5, 0.6) is 11.5 Å². The third-order valence-electron chi connectivity index (χ3n) is 4.65. The molecule has 0 saturated carbocycles. The Labute approximate surface area is 211 Å². The van der Waals surface area contributed by atoms with Gasteiger partial charge in [-0.15, -0.1) is 0 Å². The number of carbonyl (C=O) groups excluding carboxylic acids is 2. The van der Waals surface area contributed by atoms with E-state index in [0.29, 0.717) is 46.7 Å². The molecule has 0 aromatic heterocycles. The van der Waals surface area contributed by atoms with Gasteiger partial charge in [-0.25, -0.2) is 0 Å². The number of methoxy groups -OCH3 is 1. The summed E-state index contributed by atoms with van der Waals surface area (Å²) >= 11 is 9.46. The number of para-hydroxylation sites is 1. The van der Waals surface area contributed by atoms with Gasteiger partial charge >= 0.3 is 0 Å². The maximum Gasteiger partial charge on any atom is 0.265 e. The first kappa shape index (κ1) is 25.6. The summed E-state index contributed by atoms with van der Waals surface area (Å²) in [6, 6.07) is 18.9. The first-order valence-corrected chi connectivity index (χ1v) is 11.6. The molecule has 0 aliphatic rings. The molecule has 9 heteroatoms. The average molecular weight is 548 g/mol. The van der Waals surface area contributed by atoms with Gasteiger partial charge in [0.2, 0.25) is 0 Å². The maximum absolute atomic E-state index is 12.8. The van der Waals surface area contributed by atoms with Crippen LogP contribution in [0.4, 0.5) is 11.4 Å². The minimum atomic E-state index is -0.757. The van der Waals surface area contributed by atoms with Gasteiger partial charge in [0.15, 0.2) is 6.10 Å². The van der Waals surface area contributed by atoms with E-state index < -0.39 is 6.10 Å². The Bertz CT molecular complexity index is 1140. The summed E-state index contributed by atoms with van der Waals surface area (Å²) in [7, 11) is 1.58. The van der Waals surface area contributed by atoms with Gasteiger partial charge in [-0.3, -0.25) is 9.59 Å². The smallest absolute Gasteiger partial charge is 0.265 e. The number of anilines is 2. The van der Waals surface area contributed by atoms with Gasteiger partial charge in [-0.1, -0.05) is 39.7 Å². The van der Waals surface area contributed by atoms with Crippen molar-refractivity contribution in [1.82, 2.24) is 0 Å². The van der Waals surface area contributed by atoms with Crippen LogP contribution in [0.3, 0.4) is 0 Å². The Balaban J connectivity index is 1.60. The van der Waals surface area contributed by atoms with E-state index in [1.165, 1.54) is 0 Å². The van der Waals surface area contributed by atoms with Crippen LogP contribution < -0.4 is 20.1 Å². The van der Waals surface area contributed by atoms with E-state index in [1.807, 2.05) is 0 Å². The number of hydrogen-bond donors (Lipinski definition) is 2. The van der Waals surface area contributed by atoms with Gasteiger partial charge in [-0.2, -0.15) is 0 Å². The monoisotopic (exact) mass is 546 g/mol. The maximum atomic E-state index is 12.8. The van der Waals surface area contributed by atoms with Crippen molar-refractivity contribution in [2.45, 2.75) is 13.0 Å². The molecule has 1 unspecified atom stereocenters. The molecule has 7 nitrogen and oxygen atoms in total. The number of benzene rings is 3. The number of nitrogens with one attached hydrogen (secondary N) is 2. The lowest BCUT2D eigenvalue weighted by Gasteiger charge is -2.16. The van der Waals surface area contributed by atoms with Crippen LogP contribution in [-0.2, 0) is 9.53 Å². The molecular weight excluding hydrogens is 524 g/mol. The number of hydrogen-bond acceptors (Lipinski definition) is 5. The molecule has 2 N–H and O–H groups in total. The van der Waals surface area contributed by atoms with Crippen molar-refractivity contribution in [3.8, 4) is 11.5 Å². The zero-order valence-electron chi connectivity index (χ0n) is 18.6. The molecule has 34 heavy (non-hydrogen) atoms. The predicted octanol–water partition coefficient (Wildman–Crippen LogP) is 5.79. The molecule has 0 radical (unpaired) electrons. The molecular formula is C25H24BrClN2O5. The van der Waals surface area contributed by atoms with E-state index in [4.69, 9.17) is 25.8 Å². The predicted molar refractivity (Wildman–Crippen MR) is 136 cm³/mol. The Morgan fingerprint density at radius 3 is 2.29 bits per heavy atom. The zero-order valence-corrected chi connectivity index (χ0v) is 21.0. The third kappa shape index (κ3) is 7.21. The average Bonchev–Trinajstić information content (AvgIpc) is 2.82. The Morgan fingerprint density at radius 1 is 0.941 bits per heavy atom. The molecule has 178 valence electrons. The van der Waals surface area contributed by atoms with E-state index in [9.17, 15) is 9.59 Å².